The van der Waals surface area contributed by atoms with Crippen LogP contribution in [-0.2, 0) is 17.9 Å². The number of hydrogen-bond acceptors (Lipinski definition) is 6. The van der Waals surface area contributed by atoms with E-state index in [9.17, 15) is 14.4 Å². The largest absolute Gasteiger partial charge is 0.454 e. The summed E-state index contributed by atoms with van der Waals surface area (Å²) in [5.74, 6) is 0.851. The van der Waals surface area contributed by atoms with Crippen LogP contribution in [0.2, 0.25) is 0 Å². The Kier molecular flexibility index (Phi) is 5.02. The summed E-state index contributed by atoms with van der Waals surface area (Å²) < 4.78 is 13.6. The minimum Gasteiger partial charge on any atom is -0.454 e. The number of thiophene rings is 1. The third kappa shape index (κ3) is 3.67. The molecule has 1 N–H and O–H groups in total. The lowest BCUT2D eigenvalue weighted by atomic mass is 10.2. The van der Waals surface area contributed by atoms with E-state index >= 15 is 0 Å². The van der Waals surface area contributed by atoms with Crippen molar-refractivity contribution in [3.8, 4) is 11.5 Å². The number of aryl methyl sites for hydroxylation is 1. The van der Waals surface area contributed by atoms with E-state index in [0.717, 1.165) is 15.7 Å². The molecule has 0 saturated heterocycles. The first kappa shape index (κ1) is 20.1. The summed E-state index contributed by atoms with van der Waals surface area (Å²) in [6.45, 7) is 1.92. The number of amides is 1. The molecule has 4 aromatic rings. The van der Waals surface area contributed by atoms with Crippen LogP contribution in [0.4, 0.5) is 5.69 Å². The van der Waals surface area contributed by atoms with E-state index in [1.165, 1.54) is 15.9 Å². The number of carbonyl (C=O) groups is 1. The third-order valence-corrected chi connectivity index (χ3v) is 6.11. The Hall–Kier alpha value is -3.85. The zero-order valence-corrected chi connectivity index (χ0v) is 18.0. The van der Waals surface area contributed by atoms with Crippen LogP contribution in [0.15, 0.2) is 63.5 Å². The van der Waals surface area contributed by atoms with Crippen LogP contribution < -0.4 is 26.0 Å². The van der Waals surface area contributed by atoms with Gasteiger partial charge < -0.3 is 14.8 Å². The van der Waals surface area contributed by atoms with Gasteiger partial charge in [0.1, 0.15) is 11.2 Å². The Morgan fingerprint density at radius 3 is 2.75 bits per heavy atom. The molecule has 0 aliphatic carbocycles. The Labute approximate surface area is 186 Å². The van der Waals surface area contributed by atoms with E-state index in [0.29, 0.717) is 27.4 Å². The molecular formula is C23H19N3O5S. The van der Waals surface area contributed by atoms with Crippen molar-refractivity contribution in [2.24, 2.45) is 0 Å². The van der Waals surface area contributed by atoms with Crippen LogP contribution in [0.1, 0.15) is 11.1 Å². The van der Waals surface area contributed by atoms with Crippen LogP contribution in [0.3, 0.4) is 0 Å². The van der Waals surface area contributed by atoms with Crippen molar-refractivity contribution in [2.45, 2.75) is 20.0 Å². The van der Waals surface area contributed by atoms with E-state index in [-0.39, 0.29) is 31.3 Å². The van der Waals surface area contributed by atoms with Crippen molar-refractivity contribution in [1.82, 2.24) is 9.13 Å². The molecule has 3 heterocycles. The molecule has 1 aliphatic rings. The number of benzene rings is 2. The molecule has 0 spiro atoms. The molecular weight excluding hydrogens is 430 g/mol. The predicted octanol–water partition coefficient (Wildman–Crippen LogP) is 2.95. The maximum absolute atomic E-state index is 13.3. The van der Waals surface area contributed by atoms with Gasteiger partial charge in [0.15, 0.2) is 11.5 Å². The fourth-order valence-corrected chi connectivity index (χ4v) is 4.56. The Balaban J connectivity index is 1.50. The lowest BCUT2D eigenvalue weighted by Crippen LogP contribution is -2.41. The maximum atomic E-state index is 13.3. The lowest BCUT2D eigenvalue weighted by molar-refractivity contribution is -0.116. The summed E-state index contributed by atoms with van der Waals surface area (Å²) >= 11 is 1.25. The zero-order valence-electron chi connectivity index (χ0n) is 17.2. The Bertz CT molecular complexity index is 1470. The van der Waals surface area contributed by atoms with E-state index < -0.39 is 5.69 Å². The molecule has 1 amide bonds. The number of rotatable bonds is 5. The number of hydrogen-bond donors (Lipinski definition) is 1. The maximum Gasteiger partial charge on any atom is 0.332 e. The molecule has 0 radical (unpaired) electrons. The Morgan fingerprint density at radius 2 is 1.91 bits per heavy atom. The topological polar surface area (TPSA) is 91.6 Å². The van der Waals surface area contributed by atoms with E-state index in [1.807, 2.05) is 25.1 Å². The van der Waals surface area contributed by atoms with Gasteiger partial charge >= 0.3 is 5.69 Å². The standard InChI is InChI=1S/C23H19N3O5S/c1-14-3-2-4-16(9-14)24-20(27)12-25-17-7-8-32-21(17)22(28)26(23(25)29)11-15-5-6-18-19(10-15)31-13-30-18/h2-10H,11-13H2,1H3,(H,24,27). The quantitative estimate of drug-likeness (QED) is 0.506. The Morgan fingerprint density at radius 1 is 1.06 bits per heavy atom. The van der Waals surface area contributed by atoms with Crippen molar-refractivity contribution < 1.29 is 14.3 Å². The third-order valence-electron chi connectivity index (χ3n) is 5.22. The fourth-order valence-electron chi connectivity index (χ4n) is 3.71. The van der Waals surface area contributed by atoms with Gasteiger partial charge in [-0.25, -0.2) is 4.79 Å². The van der Waals surface area contributed by atoms with Gasteiger partial charge in [-0.2, -0.15) is 0 Å². The summed E-state index contributed by atoms with van der Waals surface area (Å²) in [4.78, 5) is 39.0. The highest BCUT2D eigenvalue weighted by Crippen LogP contribution is 2.32. The number of ether oxygens (including phenoxy) is 2. The average molecular weight is 449 g/mol. The molecule has 162 valence electrons. The molecule has 1 aliphatic heterocycles. The second kappa shape index (κ2) is 8.01. The number of fused-ring (bicyclic) bond motifs is 2. The highest BCUT2D eigenvalue weighted by Gasteiger charge is 2.18. The summed E-state index contributed by atoms with van der Waals surface area (Å²) in [5.41, 5.74) is 1.91. The van der Waals surface area contributed by atoms with Crippen molar-refractivity contribution >= 4 is 33.1 Å². The van der Waals surface area contributed by atoms with Crippen molar-refractivity contribution in [3.63, 3.8) is 0 Å². The average Bonchev–Trinajstić information content (AvgIpc) is 3.43. The summed E-state index contributed by atoms with van der Waals surface area (Å²) in [6.07, 6.45) is 0. The normalized spacial score (nSPS) is 12.3. The van der Waals surface area contributed by atoms with Crippen LogP contribution >= 0.6 is 11.3 Å². The highest BCUT2D eigenvalue weighted by atomic mass is 32.1. The minimum atomic E-state index is -0.544. The van der Waals surface area contributed by atoms with Gasteiger partial charge in [0.05, 0.1) is 12.1 Å². The van der Waals surface area contributed by atoms with Crippen molar-refractivity contribution in [1.29, 1.82) is 0 Å². The van der Waals surface area contributed by atoms with Gasteiger partial charge in [-0.15, -0.1) is 11.3 Å². The first-order valence-corrected chi connectivity index (χ1v) is 10.8. The van der Waals surface area contributed by atoms with Crippen LogP contribution in [-0.4, -0.2) is 21.8 Å². The summed E-state index contributed by atoms with van der Waals surface area (Å²) in [6, 6.07) is 14.4. The second-order valence-electron chi connectivity index (χ2n) is 7.50. The fraction of sp³-hybridized carbons (Fsp3) is 0.174. The second-order valence-corrected chi connectivity index (χ2v) is 8.42. The van der Waals surface area contributed by atoms with Crippen LogP contribution in [0, 0.1) is 6.92 Å². The van der Waals surface area contributed by atoms with Gasteiger partial charge in [-0.1, -0.05) is 18.2 Å². The van der Waals surface area contributed by atoms with E-state index in [2.05, 4.69) is 5.32 Å². The van der Waals surface area contributed by atoms with Gasteiger partial charge in [0.2, 0.25) is 12.7 Å². The van der Waals surface area contributed by atoms with Crippen LogP contribution in [0.5, 0.6) is 11.5 Å². The summed E-state index contributed by atoms with van der Waals surface area (Å²) in [7, 11) is 0. The molecule has 5 rings (SSSR count). The highest BCUT2D eigenvalue weighted by molar-refractivity contribution is 7.17. The van der Waals surface area contributed by atoms with Gasteiger partial charge in [0, 0.05) is 5.69 Å². The molecule has 0 saturated carbocycles. The smallest absolute Gasteiger partial charge is 0.332 e. The molecule has 2 aromatic carbocycles. The molecule has 0 unspecified atom stereocenters. The van der Waals surface area contributed by atoms with Crippen molar-refractivity contribution in [3.05, 3.63) is 85.9 Å². The van der Waals surface area contributed by atoms with E-state index in [1.54, 1.807) is 35.7 Å². The minimum absolute atomic E-state index is 0.0572. The first-order chi connectivity index (χ1) is 15.5. The number of aromatic nitrogens is 2. The predicted molar refractivity (Wildman–Crippen MR) is 122 cm³/mol. The molecule has 2 aromatic heterocycles. The molecule has 0 atom stereocenters. The number of anilines is 1. The van der Waals surface area contributed by atoms with Gasteiger partial charge in [-0.05, 0) is 53.8 Å². The van der Waals surface area contributed by atoms with Gasteiger partial charge in [0.25, 0.3) is 5.56 Å². The summed E-state index contributed by atoms with van der Waals surface area (Å²) in [5, 5.41) is 4.56. The lowest BCUT2D eigenvalue weighted by Gasteiger charge is -2.13. The molecule has 32 heavy (non-hydrogen) atoms. The first-order valence-electron chi connectivity index (χ1n) is 9.95. The number of nitrogens with zero attached hydrogens (tertiary/aromatic N) is 2. The van der Waals surface area contributed by atoms with Crippen LogP contribution in [0.25, 0.3) is 10.2 Å². The van der Waals surface area contributed by atoms with Gasteiger partial charge in [-0.3, -0.25) is 18.7 Å². The molecule has 9 heteroatoms. The number of nitrogens with one attached hydrogen (secondary N) is 1. The monoisotopic (exact) mass is 449 g/mol. The SMILES string of the molecule is Cc1cccc(NC(=O)Cn2c(=O)n(Cc3ccc4c(c3)OCO4)c(=O)c3sccc32)c1. The molecule has 0 fully saturated rings. The zero-order chi connectivity index (χ0) is 22.2. The number of carbonyl (C=O) groups excluding carboxylic acids is 1. The molecule has 8 nitrogen and oxygen atoms in total. The molecule has 0 bridgehead atoms. The van der Waals surface area contributed by atoms with E-state index in [4.69, 9.17) is 9.47 Å². The van der Waals surface area contributed by atoms with Crippen molar-refractivity contribution in [2.75, 3.05) is 12.1 Å².